The molecule has 1 heterocycles. The Bertz CT molecular complexity index is 670. The molecule has 24 heavy (non-hydrogen) atoms. The molecule has 0 radical (unpaired) electrons. The number of hydrogen-bond donors (Lipinski definition) is 0. The number of benzene rings is 2. The highest BCUT2D eigenvalue weighted by Crippen LogP contribution is 2.23. The number of rotatable bonds is 5. The molecule has 1 aliphatic heterocycles. The normalized spacial score (nSPS) is 14.5. The standard InChI is InChI=1S/C19H22N2O2S/c1-23-17-8-5-9-18(14-17)24-15-19(22)21-12-10-20(11-13-21)16-6-3-2-4-7-16/h2-9,14H,10-13,15H2,1H3. The smallest absolute Gasteiger partial charge is 0.233 e. The lowest BCUT2D eigenvalue weighted by atomic mass is 10.2. The first-order valence-electron chi connectivity index (χ1n) is 8.11. The lowest BCUT2D eigenvalue weighted by molar-refractivity contribution is -0.128. The summed E-state index contributed by atoms with van der Waals surface area (Å²) in [4.78, 5) is 17.8. The van der Waals surface area contributed by atoms with E-state index in [4.69, 9.17) is 4.74 Å². The second-order valence-electron chi connectivity index (χ2n) is 5.67. The molecular formula is C19H22N2O2S. The molecule has 2 aromatic carbocycles. The lowest BCUT2D eigenvalue weighted by Crippen LogP contribution is -2.49. The third-order valence-corrected chi connectivity index (χ3v) is 5.14. The summed E-state index contributed by atoms with van der Waals surface area (Å²) in [7, 11) is 1.65. The predicted octanol–water partition coefficient (Wildman–Crippen LogP) is 3.14. The molecule has 1 aliphatic rings. The molecule has 1 saturated heterocycles. The number of amides is 1. The van der Waals surface area contributed by atoms with Crippen LogP contribution in [-0.2, 0) is 4.79 Å². The van der Waals surface area contributed by atoms with Gasteiger partial charge in [0.2, 0.25) is 5.91 Å². The summed E-state index contributed by atoms with van der Waals surface area (Å²) >= 11 is 1.56. The van der Waals surface area contributed by atoms with Crippen molar-refractivity contribution in [3.05, 3.63) is 54.6 Å². The molecule has 1 fully saturated rings. The highest BCUT2D eigenvalue weighted by Gasteiger charge is 2.21. The Morgan fingerprint density at radius 1 is 1.04 bits per heavy atom. The van der Waals surface area contributed by atoms with Crippen LogP contribution in [0.1, 0.15) is 0 Å². The molecule has 0 unspecified atom stereocenters. The number of carbonyl (C=O) groups is 1. The summed E-state index contributed by atoms with van der Waals surface area (Å²) in [5, 5.41) is 0. The van der Waals surface area contributed by atoms with Gasteiger partial charge in [0.25, 0.3) is 0 Å². The first-order chi connectivity index (χ1) is 11.8. The van der Waals surface area contributed by atoms with Crippen LogP contribution in [-0.4, -0.2) is 49.8 Å². The third kappa shape index (κ3) is 4.23. The van der Waals surface area contributed by atoms with Crippen LogP contribution in [0.2, 0.25) is 0 Å². The molecule has 5 heteroatoms. The summed E-state index contributed by atoms with van der Waals surface area (Å²) in [5.74, 6) is 1.50. The minimum atomic E-state index is 0.204. The fraction of sp³-hybridized carbons (Fsp3) is 0.316. The number of para-hydroxylation sites is 1. The van der Waals surface area contributed by atoms with Crippen molar-refractivity contribution in [1.82, 2.24) is 4.90 Å². The van der Waals surface area contributed by atoms with Gasteiger partial charge in [-0.05, 0) is 30.3 Å². The molecule has 0 atom stereocenters. The monoisotopic (exact) mass is 342 g/mol. The zero-order chi connectivity index (χ0) is 16.8. The second kappa shape index (κ2) is 8.11. The maximum absolute atomic E-state index is 12.4. The van der Waals surface area contributed by atoms with Crippen molar-refractivity contribution in [3.8, 4) is 5.75 Å². The maximum Gasteiger partial charge on any atom is 0.233 e. The maximum atomic E-state index is 12.4. The molecule has 4 nitrogen and oxygen atoms in total. The number of nitrogens with zero attached hydrogens (tertiary/aromatic N) is 2. The van der Waals surface area contributed by atoms with Gasteiger partial charge in [-0.3, -0.25) is 4.79 Å². The largest absolute Gasteiger partial charge is 0.497 e. The molecule has 0 aliphatic carbocycles. The molecule has 0 N–H and O–H groups in total. The summed E-state index contributed by atoms with van der Waals surface area (Å²) in [6.07, 6.45) is 0. The zero-order valence-corrected chi connectivity index (χ0v) is 14.7. The van der Waals surface area contributed by atoms with Crippen LogP contribution in [0.25, 0.3) is 0 Å². The highest BCUT2D eigenvalue weighted by atomic mass is 32.2. The van der Waals surface area contributed by atoms with Crippen LogP contribution in [0.3, 0.4) is 0 Å². The minimum absolute atomic E-state index is 0.204. The van der Waals surface area contributed by atoms with Gasteiger partial charge in [-0.1, -0.05) is 24.3 Å². The molecule has 3 rings (SSSR count). The van der Waals surface area contributed by atoms with E-state index >= 15 is 0 Å². The van der Waals surface area contributed by atoms with E-state index in [1.165, 1.54) is 5.69 Å². The quantitative estimate of drug-likeness (QED) is 0.782. The van der Waals surface area contributed by atoms with Gasteiger partial charge >= 0.3 is 0 Å². The SMILES string of the molecule is COc1cccc(SCC(=O)N2CCN(c3ccccc3)CC2)c1. The molecule has 0 saturated carbocycles. The van der Waals surface area contributed by atoms with Crippen molar-refractivity contribution in [2.45, 2.75) is 4.90 Å². The molecule has 2 aromatic rings. The van der Waals surface area contributed by atoms with Crippen LogP contribution >= 0.6 is 11.8 Å². The van der Waals surface area contributed by atoms with Crippen LogP contribution < -0.4 is 9.64 Å². The van der Waals surface area contributed by atoms with E-state index in [1.54, 1.807) is 18.9 Å². The minimum Gasteiger partial charge on any atom is -0.497 e. The van der Waals surface area contributed by atoms with E-state index in [2.05, 4.69) is 29.2 Å². The first kappa shape index (κ1) is 16.7. The number of ether oxygens (including phenoxy) is 1. The lowest BCUT2D eigenvalue weighted by Gasteiger charge is -2.36. The second-order valence-corrected chi connectivity index (χ2v) is 6.72. The summed E-state index contributed by atoms with van der Waals surface area (Å²) in [5.41, 5.74) is 1.23. The number of piperazine rings is 1. The predicted molar refractivity (Wildman–Crippen MR) is 99.0 cm³/mol. The van der Waals surface area contributed by atoms with E-state index in [0.717, 1.165) is 36.8 Å². The highest BCUT2D eigenvalue weighted by molar-refractivity contribution is 8.00. The van der Waals surface area contributed by atoms with Gasteiger partial charge in [0.15, 0.2) is 0 Å². The van der Waals surface area contributed by atoms with Crippen LogP contribution in [0, 0.1) is 0 Å². The summed E-state index contributed by atoms with van der Waals surface area (Å²) in [6, 6.07) is 18.2. The van der Waals surface area contributed by atoms with Crippen molar-refractivity contribution < 1.29 is 9.53 Å². The molecular weight excluding hydrogens is 320 g/mol. The van der Waals surface area contributed by atoms with Crippen LogP contribution in [0.5, 0.6) is 5.75 Å². The Balaban J connectivity index is 1.48. The fourth-order valence-electron chi connectivity index (χ4n) is 2.78. The van der Waals surface area contributed by atoms with Crippen molar-refractivity contribution in [3.63, 3.8) is 0 Å². The Kier molecular flexibility index (Phi) is 5.64. The third-order valence-electron chi connectivity index (χ3n) is 4.16. The Morgan fingerprint density at radius 2 is 1.79 bits per heavy atom. The molecule has 0 bridgehead atoms. The van der Waals surface area contributed by atoms with E-state index < -0.39 is 0 Å². The zero-order valence-electron chi connectivity index (χ0n) is 13.9. The summed E-state index contributed by atoms with van der Waals surface area (Å²) < 4.78 is 5.22. The topological polar surface area (TPSA) is 32.8 Å². The van der Waals surface area contributed by atoms with Crippen LogP contribution in [0.4, 0.5) is 5.69 Å². The fourth-order valence-corrected chi connectivity index (χ4v) is 3.63. The van der Waals surface area contributed by atoms with Crippen molar-refractivity contribution in [2.75, 3.05) is 43.9 Å². The number of thioether (sulfide) groups is 1. The van der Waals surface area contributed by atoms with E-state index in [-0.39, 0.29) is 5.91 Å². The Hall–Kier alpha value is -2.14. The molecule has 126 valence electrons. The van der Waals surface area contributed by atoms with Gasteiger partial charge < -0.3 is 14.5 Å². The van der Waals surface area contributed by atoms with Gasteiger partial charge in [0.05, 0.1) is 12.9 Å². The van der Waals surface area contributed by atoms with Gasteiger partial charge in [-0.2, -0.15) is 0 Å². The molecule has 1 amide bonds. The average Bonchev–Trinajstić information content (AvgIpc) is 2.67. The van der Waals surface area contributed by atoms with E-state index in [9.17, 15) is 4.79 Å². The Morgan fingerprint density at radius 3 is 2.50 bits per heavy atom. The Labute approximate surface area is 147 Å². The van der Waals surface area contributed by atoms with Gasteiger partial charge in [0.1, 0.15) is 5.75 Å². The first-order valence-corrected chi connectivity index (χ1v) is 9.09. The number of anilines is 1. The molecule has 0 spiro atoms. The number of methoxy groups -OCH3 is 1. The van der Waals surface area contributed by atoms with Crippen molar-refractivity contribution >= 4 is 23.4 Å². The number of hydrogen-bond acceptors (Lipinski definition) is 4. The van der Waals surface area contributed by atoms with Crippen LogP contribution in [0.15, 0.2) is 59.5 Å². The van der Waals surface area contributed by atoms with E-state index in [0.29, 0.717) is 5.75 Å². The van der Waals surface area contributed by atoms with Crippen molar-refractivity contribution in [1.29, 1.82) is 0 Å². The van der Waals surface area contributed by atoms with Gasteiger partial charge in [0, 0.05) is 36.8 Å². The molecule has 0 aromatic heterocycles. The van der Waals surface area contributed by atoms with Gasteiger partial charge in [-0.15, -0.1) is 11.8 Å². The summed E-state index contributed by atoms with van der Waals surface area (Å²) in [6.45, 7) is 3.35. The average molecular weight is 342 g/mol. The van der Waals surface area contributed by atoms with Crippen molar-refractivity contribution in [2.24, 2.45) is 0 Å². The number of carbonyl (C=O) groups excluding carboxylic acids is 1. The van der Waals surface area contributed by atoms with E-state index in [1.807, 2.05) is 35.2 Å². The van der Waals surface area contributed by atoms with Gasteiger partial charge in [-0.25, -0.2) is 0 Å².